The van der Waals surface area contributed by atoms with Gasteiger partial charge in [-0.15, -0.1) is 0 Å². The number of sulfonamides is 1. The van der Waals surface area contributed by atoms with Crippen LogP contribution in [0.2, 0.25) is 0 Å². The Bertz CT molecular complexity index is 979. The Balaban J connectivity index is 1.88. The van der Waals surface area contributed by atoms with Gasteiger partial charge in [0.05, 0.1) is 18.5 Å². The Morgan fingerprint density at radius 3 is 2.58 bits per heavy atom. The lowest BCUT2D eigenvalue weighted by molar-refractivity contribution is 0.112. The molecule has 1 aliphatic heterocycles. The molecule has 1 amide bonds. The van der Waals surface area contributed by atoms with Gasteiger partial charge in [0.15, 0.2) is 5.03 Å². The van der Waals surface area contributed by atoms with Crippen molar-refractivity contribution >= 4 is 16.1 Å². The van der Waals surface area contributed by atoms with E-state index in [9.17, 15) is 23.4 Å². The molecule has 1 aromatic carbocycles. The number of carbonyl (C=O) groups is 1. The Morgan fingerprint density at radius 2 is 2.00 bits per heavy atom. The molecule has 1 aromatic heterocycles. The fourth-order valence-corrected chi connectivity index (χ4v) is 5.50. The number of amides is 1. The molecular formula is C21H30N4O5S. The minimum Gasteiger partial charge on any atom is -0.465 e. The summed E-state index contributed by atoms with van der Waals surface area (Å²) in [6.07, 6.45) is 2.93. The highest BCUT2D eigenvalue weighted by atomic mass is 32.2. The number of carboxylic acid groups (broad SMARTS) is 1. The fourth-order valence-electron chi connectivity index (χ4n) is 4.05. The van der Waals surface area contributed by atoms with E-state index in [-0.39, 0.29) is 30.6 Å². The van der Waals surface area contributed by atoms with Crippen LogP contribution in [-0.2, 0) is 17.1 Å². The summed E-state index contributed by atoms with van der Waals surface area (Å²) in [5.41, 5.74) is 0.895. The van der Waals surface area contributed by atoms with Gasteiger partial charge in [-0.1, -0.05) is 37.3 Å². The molecule has 10 heteroatoms. The van der Waals surface area contributed by atoms with Gasteiger partial charge in [-0.25, -0.2) is 18.2 Å². The molecule has 1 aliphatic rings. The van der Waals surface area contributed by atoms with Gasteiger partial charge in [-0.05, 0) is 24.8 Å². The van der Waals surface area contributed by atoms with Gasteiger partial charge in [0.25, 0.3) is 10.0 Å². The van der Waals surface area contributed by atoms with Crippen LogP contribution in [0.4, 0.5) is 4.79 Å². The van der Waals surface area contributed by atoms with Crippen molar-refractivity contribution in [2.24, 2.45) is 7.05 Å². The summed E-state index contributed by atoms with van der Waals surface area (Å²) in [5.74, 6) is -0.299. The Morgan fingerprint density at radius 1 is 1.29 bits per heavy atom. The largest absolute Gasteiger partial charge is 0.465 e. The SMILES string of the molecule is CCC(O)CCCN(C(=O)O)[C@H]1CN(S(=O)(=O)c2cn(C)cn2)C[C@@H]1c1ccccc1. The number of hydrogen-bond donors (Lipinski definition) is 2. The van der Waals surface area contributed by atoms with E-state index in [0.29, 0.717) is 19.3 Å². The van der Waals surface area contributed by atoms with Gasteiger partial charge in [0.2, 0.25) is 0 Å². The maximum atomic E-state index is 13.2. The van der Waals surface area contributed by atoms with E-state index < -0.39 is 28.3 Å². The van der Waals surface area contributed by atoms with Crippen molar-refractivity contribution in [3.8, 4) is 0 Å². The summed E-state index contributed by atoms with van der Waals surface area (Å²) < 4.78 is 29.2. The van der Waals surface area contributed by atoms with E-state index in [4.69, 9.17) is 0 Å². The smallest absolute Gasteiger partial charge is 0.407 e. The van der Waals surface area contributed by atoms with Crippen molar-refractivity contribution in [1.82, 2.24) is 18.8 Å². The van der Waals surface area contributed by atoms with E-state index in [0.717, 1.165) is 5.56 Å². The Hall–Kier alpha value is -2.43. The predicted octanol–water partition coefficient (Wildman–Crippen LogP) is 2.11. The van der Waals surface area contributed by atoms with Crippen LogP contribution in [0.3, 0.4) is 0 Å². The quantitative estimate of drug-likeness (QED) is 0.604. The van der Waals surface area contributed by atoms with Gasteiger partial charge >= 0.3 is 6.09 Å². The number of aliphatic hydroxyl groups excluding tert-OH is 1. The van der Waals surface area contributed by atoms with Crippen molar-refractivity contribution in [2.75, 3.05) is 19.6 Å². The molecule has 0 saturated carbocycles. The predicted molar refractivity (Wildman–Crippen MR) is 115 cm³/mol. The van der Waals surface area contributed by atoms with Gasteiger partial charge in [-0.3, -0.25) is 0 Å². The molecule has 0 radical (unpaired) electrons. The molecule has 0 spiro atoms. The summed E-state index contributed by atoms with van der Waals surface area (Å²) in [6.45, 7) is 2.34. The van der Waals surface area contributed by atoms with Crippen LogP contribution in [0.25, 0.3) is 0 Å². The molecule has 3 atom stereocenters. The number of hydrogen-bond acceptors (Lipinski definition) is 5. The highest BCUT2D eigenvalue weighted by Gasteiger charge is 2.44. The first kappa shape index (κ1) is 23.2. The van der Waals surface area contributed by atoms with Crippen LogP contribution < -0.4 is 0 Å². The number of aryl methyl sites for hydroxylation is 1. The molecule has 2 N–H and O–H groups in total. The second-order valence-corrected chi connectivity index (χ2v) is 9.85. The number of nitrogens with zero attached hydrogens (tertiary/aromatic N) is 4. The van der Waals surface area contributed by atoms with Crippen molar-refractivity contribution in [3.63, 3.8) is 0 Å². The molecule has 1 fully saturated rings. The summed E-state index contributed by atoms with van der Waals surface area (Å²) in [7, 11) is -2.15. The standard InChI is InChI=1S/C21H30N4O5S/c1-3-17(26)10-7-11-25(21(27)28)19-13-24(12-18(19)16-8-5-4-6-9-16)31(29,30)20-14-23(2)15-22-20/h4-6,8-9,14-15,17-19,26H,3,7,10-13H2,1-2H3,(H,27,28)/t17?,18-,19+/m1/s1. The molecular weight excluding hydrogens is 420 g/mol. The minimum atomic E-state index is -3.85. The first-order valence-electron chi connectivity index (χ1n) is 10.4. The maximum absolute atomic E-state index is 13.2. The Kier molecular flexibility index (Phi) is 7.34. The second-order valence-electron chi connectivity index (χ2n) is 7.96. The van der Waals surface area contributed by atoms with E-state index >= 15 is 0 Å². The molecule has 0 bridgehead atoms. The highest BCUT2D eigenvalue weighted by molar-refractivity contribution is 7.89. The van der Waals surface area contributed by atoms with Gasteiger partial charge in [-0.2, -0.15) is 4.31 Å². The van der Waals surface area contributed by atoms with Crippen molar-refractivity contribution < 1.29 is 23.4 Å². The molecule has 2 aromatic rings. The van der Waals surface area contributed by atoms with Gasteiger partial charge in [0, 0.05) is 38.8 Å². The molecule has 9 nitrogen and oxygen atoms in total. The number of imidazole rings is 1. The zero-order valence-corrected chi connectivity index (χ0v) is 18.6. The average molecular weight is 451 g/mol. The number of benzene rings is 1. The summed E-state index contributed by atoms with van der Waals surface area (Å²) in [4.78, 5) is 17.4. The van der Waals surface area contributed by atoms with E-state index in [2.05, 4.69) is 4.98 Å². The van der Waals surface area contributed by atoms with Crippen LogP contribution in [0.5, 0.6) is 0 Å². The third kappa shape index (κ3) is 5.25. The van der Waals surface area contributed by atoms with E-state index in [1.807, 2.05) is 37.3 Å². The number of aliphatic hydroxyl groups is 1. The number of aromatic nitrogens is 2. The summed E-state index contributed by atoms with van der Waals surface area (Å²) >= 11 is 0. The van der Waals surface area contributed by atoms with Crippen molar-refractivity contribution in [2.45, 2.75) is 49.3 Å². The summed E-state index contributed by atoms with van der Waals surface area (Å²) in [5, 5.41) is 19.7. The summed E-state index contributed by atoms with van der Waals surface area (Å²) in [6, 6.07) is 8.87. The highest BCUT2D eigenvalue weighted by Crippen LogP contribution is 2.34. The molecule has 1 saturated heterocycles. The lowest BCUT2D eigenvalue weighted by atomic mass is 9.93. The minimum absolute atomic E-state index is 0.0459. The molecule has 2 heterocycles. The molecule has 170 valence electrons. The normalized spacial score (nSPS) is 20.6. The van der Waals surface area contributed by atoms with E-state index in [1.54, 1.807) is 11.6 Å². The van der Waals surface area contributed by atoms with Crippen LogP contribution in [0, 0.1) is 0 Å². The zero-order valence-electron chi connectivity index (χ0n) is 17.8. The first-order valence-corrected chi connectivity index (χ1v) is 11.9. The topological polar surface area (TPSA) is 116 Å². The maximum Gasteiger partial charge on any atom is 0.407 e. The van der Waals surface area contributed by atoms with Crippen molar-refractivity contribution in [1.29, 1.82) is 0 Å². The molecule has 31 heavy (non-hydrogen) atoms. The average Bonchev–Trinajstić information content (AvgIpc) is 3.39. The number of rotatable bonds is 9. The lowest BCUT2D eigenvalue weighted by Gasteiger charge is -2.30. The fraction of sp³-hybridized carbons (Fsp3) is 0.524. The van der Waals surface area contributed by atoms with Crippen LogP contribution in [0.1, 0.15) is 37.7 Å². The Labute approximate surface area is 183 Å². The third-order valence-corrected chi connectivity index (χ3v) is 7.54. The monoisotopic (exact) mass is 450 g/mol. The molecule has 0 aliphatic carbocycles. The lowest BCUT2D eigenvalue weighted by Crippen LogP contribution is -2.44. The second kappa shape index (κ2) is 9.80. The van der Waals surface area contributed by atoms with Crippen LogP contribution in [0.15, 0.2) is 47.9 Å². The van der Waals surface area contributed by atoms with Crippen LogP contribution >= 0.6 is 0 Å². The van der Waals surface area contributed by atoms with Crippen molar-refractivity contribution in [3.05, 3.63) is 48.4 Å². The van der Waals surface area contributed by atoms with Crippen LogP contribution in [-0.4, -0.2) is 75.3 Å². The van der Waals surface area contributed by atoms with E-state index in [1.165, 1.54) is 21.7 Å². The van der Waals surface area contributed by atoms with Gasteiger partial charge in [0.1, 0.15) is 0 Å². The third-order valence-electron chi connectivity index (χ3n) is 5.82. The molecule has 3 rings (SSSR count). The first-order chi connectivity index (χ1) is 14.7. The molecule has 1 unspecified atom stereocenters. The van der Waals surface area contributed by atoms with Gasteiger partial charge < -0.3 is 19.7 Å². The zero-order chi connectivity index (χ0) is 22.6.